The second-order valence-corrected chi connectivity index (χ2v) is 10.1. The minimum absolute atomic E-state index is 0.124. The third kappa shape index (κ3) is 4.94. The van der Waals surface area contributed by atoms with Gasteiger partial charge in [-0.15, -0.1) is 10.2 Å². The number of ether oxygens (including phenoxy) is 1. The van der Waals surface area contributed by atoms with E-state index in [0.717, 1.165) is 23.3 Å². The number of anilines is 2. The summed E-state index contributed by atoms with van der Waals surface area (Å²) in [6.07, 6.45) is 0. The quantitative estimate of drug-likeness (QED) is 0.616. The number of aromatic nitrogens is 3. The topological polar surface area (TPSA) is 110 Å². The molecule has 3 rings (SSSR count). The van der Waals surface area contributed by atoms with Crippen molar-refractivity contribution in [2.45, 2.75) is 17.0 Å². The highest BCUT2D eigenvalue weighted by molar-refractivity contribution is 7.99. The molecular formula is C18H26N6O4S2. The number of carbonyl (C=O) groups is 1. The maximum Gasteiger partial charge on any atom is 0.242 e. The summed E-state index contributed by atoms with van der Waals surface area (Å²) in [5.41, 5.74) is 1.05. The summed E-state index contributed by atoms with van der Waals surface area (Å²) in [6.45, 7) is 4.53. The number of thioether (sulfide) groups is 1. The van der Waals surface area contributed by atoms with Crippen molar-refractivity contribution in [3.05, 3.63) is 23.8 Å². The average Bonchev–Trinajstić information content (AvgIpc) is 3.08. The maximum atomic E-state index is 12.5. The lowest BCUT2D eigenvalue weighted by Gasteiger charge is -2.27. The van der Waals surface area contributed by atoms with Crippen LogP contribution in [-0.4, -0.2) is 79.5 Å². The number of rotatable bonds is 7. The summed E-state index contributed by atoms with van der Waals surface area (Å²) in [5, 5.41) is 11.8. The first-order valence-corrected chi connectivity index (χ1v) is 11.8. The lowest BCUT2D eigenvalue weighted by molar-refractivity contribution is -0.113. The van der Waals surface area contributed by atoms with E-state index in [9.17, 15) is 13.2 Å². The van der Waals surface area contributed by atoms with Crippen molar-refractivity contribution < 1.29 is 17.9 Å². The molecule has 1 saturated heterocycles. The fourth-order valence-corrected chi connectivity index (χ4v) is 4.80. The lowest BCUT2D eigenvalue weighted by atomic mass is 10.2. The zero-order chi connectivity index (χ0) is 21.9. The molecule has 1 aliphatic rings. The van der Waals surface area contributed by atoms with Gasteiger partial charge >= 0.3 is 0 Å². The van der Waals surface area contributed by atoms with E-state index in [-0.39, 0.29) is 16.6 Å². The lowest BCUT2D eigenvalue weighted by Crippen LogP contribution is -2.37. The van der Waals surface area contributed by atoms with E-state index in [4.69, 9.17) is 4.74 Å². The highest BCUT2D eigenvalue weighted by Gasteiger charge is 2.21. The van der Waals surface area contributed by atoms with Gasteiger partial charge in [0.1, 0.15) is 0 Å². The SMILES string of the molecule is Cc1ccc(NC(=O)CSc2nnc(N3CCOCC3)n2C)cc1S(=O)(=O)N(C)C. The smallest absolute Gasteiger partial charge is 0.242 e. The fourth-order valence-electron chi connectivity index (χ4n) is 2.95. The van der Waals surface area contributed by atoms with Crippen LogP contribution in [0.2, 0.25) is 0 Å². The minimum Gasteiger partial charge on any atom is -0.378 e. The summed E-state index contributed by atoms with van der Waals surface area (Å²) >= 11 is 1.27. The number of sulfonamides is 1. The van der Waals surface area contributed by atoms with E-state index >= 15 is 0 Å². The normalized spacial score (nSPS) is 14.9. The van der Waals surface area contributed by atoms with E-state index in [2.05, 4.69) is 20.4 Å². The van der Waals surface area contributed by atoms with Gasteiger partial charge in [0.2, 0.25) is 21.9 Å². The third-order valence-corrected chi connectivity index (χ3v) is 7.65. The number of carbonyl (C=O) groups excluding carboxylic acids is 1. The first-order valence-electron chi connectivity index (χ1n) is 9.38. The van der Waals surface area contributed by atoms with E-state index in [1.54, 1.807) is 19.1 Å². The first kappa shape index (κ1) is 22.5. The predicted molar refractivity (Wildman–Crippen MR) is 115 cm³/mol. The number of amides is 1. The van der Waals surface area contributed by atoms with Crippen molar-refractivity contribution in [3.8, 4) is 0 Å². The van der Waals surface area contributed by atoms with E-state index < -0.39 is 10.0 Å². The summed E-state index contributed by atoms with van der Waals surface area (Å²) in [6, 6.07) is 4.84. The number of hydrogen-bond acceptors (Lipinski definition) is 8. The van der Waals surface area contributed by atoms with Crippen LogP contribution in [0.1, 0.15) is 5.56 Å². The molecule has 0 radical (unpaired) electrons. The van der Waals surface area contributed by atoms with Crippen molar-refractivity contribution in [1.29, 1.82) is 0 Å². The molecule has 1 N–H and O–H groups in total. The van der Waals surface area contributed by atoms with Gasteiger partial charge in [-0.25, -0.2) is 12.7 Å². The van der Waals surface area contributed by atoms with E-state index in [1.165, 1.54) is 31.9 Å². The number of morpholine rings is 1. The van der Waals surface area contributed by atoms with Gasteiger partial charge < -0.3 is 15.0 Å². The van der Waals surface area contributed by atoms with Crippen molar-refractivity contribution in [3.63, 3.8) is 0 Å². The van der Waals surface area contributed by atoms with Gasteiger partial charge in [0.25, 0.3) is 0 Å². The number of hydrogen-bond donors (Lipinski definition) is 1. The molecule has 1 fully saturated rings. The van der Waals surface area contributed by atoms with Gasteiger partial charge in [0.05, 0.1) is 23.9 Å². The van der Waals surface area contributed by atoms with Gasteiger partial charge in [0, 0.05) is 39.9 Å². The van der Waals surface area contributed by atoms with Crippen molar-refractivity contribution in [2.24, 2.45) is 7.05 Å². The Bertz CT molecular complexity index is 1020. The molecular weight excluding hydrogens is 428 g/mol. The molecule has 10 nitrogen and oxygen atoms in total. The molecule has 2 aromatic rings. The van der Waals surface area contributed by atoms with Crippen LogP contribution in [0.5, 0.6) is 0 Å². The van der Waals surface area contributed by atoms with Crippen LogP contribution in [0.3, 0.4) is 0 Å². The Kier molecular flexibility index (Phi) is 7.01. The molecule has 0 atom stereocenters. The predicted octanol–water partition coefficient (Wildman–Crippen LogP) is 0.941. The van der Waals surface area contributed by atoms with Gasteiger partial charge in [-0.1, -0.05) is 17.8 Å². The molecule has 0 aliphatic carbocycles. The van der Waals surface area contributed by atoms with Gasteiger partial charge in [-0.2, -0.15) is 0 Å². The van der Waals surface area contributed by atoms with E-state index in [0.29, 0.717) is 29.6 Å². The second kappa shape index (κ2) is 9.33. The first-order chi connectivity index (χ1) is 14.2. The Balaban J connectivity index is 1.64. The van der Waals surface area contributed by atoms with Crippen molar-refractivity contribution >= 4 is 39.3 Å². The van der Waals surface area contributed by atoms with Gasteiger partial charge in [-0.05, 0) is 24.6 Å². The number of nitrogens with one attached hydrogen (secondary N) is 1. The van der Waals surface area contributed by atoms with Crippen LogP contribution in [0.15, 0.2) is 28.3 Å². The minimum atomic E-state index is -3.59. The molecule has 2 heterocycles. The molecule has 30 heavy (non-hydrogen) atoms. The van der Waals surface area contributed by atoms with Crippen LogP contribution in [0.4, 0.5) is 11.6 Å². The standard InChI is InChI=1S/C18H26N6O4S2/c1-13-5-6-14(11-15(13)30(26,27)22(2)3)19-16(25)12-29-18-21-20-17(23(18)4)24-7-9-28-10-8-24/h5-6,11H,7-10,12H2,1-4H3,(H,19,25). The van der Waals surface area contributed by atoms with Gasteiger partial charge in [0.15, 0.2) is 5.16 Å². The van der Waals surface area contributed by atoms with Crippen molar-refractivity contribution in [2.75, 3.05) is 56.4 Å². The number of benzene rings is 1. The molecule has 1 amide bonds. The van der Waals surface area contributed by atoms with Crippen LogP contribution in [-0.2, 0) is 26.6 Å². The second-order valence-electron chi connectivity index (χ2n) is 7.05. The van der Waals surface area contributed by atoms with Crippen LogP contribution >= 0.6 is 11.8 Å². The highest BCUT2D eigenvalue weighted by atomic mass is 32.2. The molecule has 1 aliphatic heterocycles. The van der Waals surface area contributed by atoms with E-state index in [1.807, 2.05) is 11.6 Å². The molecule has 12 heteroatoms. The van der Waals surface area contributed by atoms with Crippen molar-refractivity contribution in [1.82, 2.24) is 19.1 Å². The fraction of sp³-hybridized carbons (Fsp3) is 0.500. The molecule has 164 valence electrons. The Labute approximate surface area is 180 Å². The zero-order valence-electron chi connectivity index (χ0n) is 17.5. The average molecular weight is 455 g/mol. The largest absolute Gasteiger partial charge is 0.378 e. The summed E-state index contributed by atoms with van der Waals surface area (Å²) < 4.78 is 33.3. The highest BCUT2D eigenvalue weighted by Crippen LogP contribution is 2.24. The molecule has 1 aromatic heterocycles. The number of aryl methyl sites for hydroxylation is 1. The van der Waals surface area contributed by atoms with Gasteiger partial charge in [-0.3, -0.25) is 9.36 Å². The Morgan fingerprint density at radius 1 is 1.27 bits per heavy atom. The van der Waals surface area contributed by atoms with Crippen LogP contribution in [0, 0.1) is 6.92 Å². The molecule has 0 bridgehead atoms. The van der Waals surface area contributed by atoms with Crippen LogP contribution < -0.4 is 10.2 Å². The molecule has 0 saturated carbocycles. The molecule has 0 spiro atoms. The molecule has 1 aromatic carbocycles. The zero-order valence-corrected chi connectivity index (χ0v) is 19.1. The summed E-state index contributed by atoms with van der Waals surface area (Å²) in [5.74, 6) is 0.616. The summed E-state index contributed by atoms with van der Waals surface area (Å²) in [4.78, 5) is 14.7. The van der Waals surface area contributed by atoms with Crippen LogP contribution in [0.25, 0.3) is 0 Å². The number of nitrogens with zero attached hydrogens (tertiary/aromatic N) is 5. The Hall–Kier alpha value is -2.15. The summed E-state index contributed by atoms with van der Waals surface area (Å²) in [7, 11) is 1.22. The monoisotopic (exact) mass is 454 g/mol. The maximum absolute atomic E-state index is 12.5. The Morgan fingerprint density at radius 2 is 1.97 bits per heavy atom. The Morgan fingerprint density at radius 3 is 2.63 bits per heavy atom. The third-order valence-electron chi connectivity index (χ3n) is 4.67. The molecule has 0 unspecified atom stereocenters.